The van der Waals surface area contributed by atoms with Crippen LogP contribution in [0.1, 0.15) is 35.4 Å². The lowest BCUT2D eigenvalue weighted by Crippen LogP contribution is -2.14. The zero-order valence-electron chi connectivity index (χ0n) is 11.0. The number of aromatic nitrogens is 3. The number of hydrogen-bond acceptors (Lipinski definition) is 3. The third-order valence-corrected chi connectivity index (χ3v) is 4.00. The molecule has 0 bridgehead atoms. The van der Waals surface area contributed by atoms with E-state index < -0.39 is 0 Å². The van der Waals surface area contributed by atoms with Crippen molar-refractivity contribution in [3.63, 3.8) is 0 Å². The first kappa shape index (κ1) is 12.6. The third-order valence-electron chi connectivity index (χ3n) is 3.63. The molecule has 1 aliphatic rings. The predicted octanol–water partition coefficient (Wildman–Crippen LogP) is 2.57. The molecule has 0 saturated carbocycles. The molecule has 2 N–H and O–H groups in total. The third kappa shape index (κ3) is 2.26. The van der Waals surface area contributed by atoms with E-state index in [0.717, 1.165) is 29.9 Å². The lowest BCUT2D eigenvalue weighted by molar-refractivity contribution is 0.658. The number of hydrogen-bond donors (Lipinski definition) is 1. The Morgan fingerprint density at radius 3 is 2.84 bits per heavy atom. The molecular formula is C14H17ClN4. The van der Waals surface area contributed by atoms with Crippen molar-refractivity contribution < 1.29 is 0 Å². The van der Waals surface area contributed by atoms with Crippen LogP contribution >= 0.6 is 11.6 Å². The Morgan fingerprint density at radius 1 is 1.37 bits per heavy atom. The van der Waals surface area contributed by atoms with E-state index in [1.54, 1.807) is 10.9 Å². The Balaban J connectivity index is 2.13. The van der Waals surface area contributed by atoms with Gasteiger partial charge >= 0.3 is 0 Å². The molecule has 0 aromatic carbocycles. The molecule has 0 unspecified atom stereocenters. The predicted molar refractivity (Wildman–Crippen MR) is 75.6 cm³/mol. The molecule has 0 amide bonds. The zero-order valence-corrected chi connectivity index (χ0v) is 11.7. The van der Waals surface area contributed by atoms with E-state index in [0.29, 0.717) is 11.6 Å². The number of halogens is 1. The van der Waals surface area contributed by atoms with Gasteiger partial charge in [-0.2, -0.15) is 5.10 Å². The van der Waals surface area contributed by atoms with Crippen LogP contribution < -0.4 is 5.73 Å². The molecule has 0 radical (unpaired) electrons. The monoisotopic (exact) mass is 276 g/mol. The average molecular weight is 277 g/mol. The molecule has 2 aromatic rings. The van der Waals surface area contributed by atoms with Gasteiger partial charge in [-0.25, -0.2) is 9.67 Å². The second kappa shape index (κ2) is 4.94. The SMILES string of the molecule is Cc1nn(-c2nc3c(cc2CN)CCCC3)cc1Cl. The minimum atomic E-state index is 0.464. The van der Waals surface area contributed by atoms with Crippen LogP contribution in [-0.4, -0.2) is 14.8 Å². The van der Waals surface area contributed by atoms with Gasteiger partial charge in [0.1, 0.15) is 0 Å². The smallest absolute Gasteiger partial charge is 0.158 e. The first-order valence-electron chi connectivity index (χ1n) is 6.63. The fourth-order valence-corrected chi connectivity index (χ4v) is 2.70. The van der Waals surface area contributed by atoms with E-state index >= 15 is 0 Å². The molecule has 0 saturated heterocycles. The van der Waals surface area contributed by atoms with Gasteiger partial charge in [0, 0.05) is 17.8 Å². The molecule has 19 heavy (non-hydrogen) atoms. The molecule has 0 atom stereocenters. The van der Waals surface area contributed by atoms with Gasteiger partial charge in [0.15, 0.2) is 5.82 Å². The van der Waals surface area contributed by atoms with Crippen LogP contribution in [0.3, 0.4) is 0 Å². The molecule has 4 nitrogen and oxygen atoms in total. The summed E-state index contributed by atoms with van der Waals surface area (Å²) in [4.78, 5) is 4.77. The second-order valence-electron chi connectivity index (χ2n) is 5.00. The van der Waals surface area contributed by atoms with Crippen LogP contribution in [0.2, 0.25) is 5.02 Å². The van der Waals surface area contributed by atoms with E-state index in [9.17, 15) is 0 Å². The van der Waals surface area contributed by atoms with Crippen molar-refractivity contribution in [2.24, 2.45) is 5.73 Å². The summed E-state index contributed by atoms with van der Waals surface area (Å²) in [5, 5.41) is 5.06. The van der Waals surface area contributed by atoms with Gasteiger partial charge < -0.3 is 5.73 Å². The summed E-state index contributed by atoms with van der Waals surface area (Å²) < 4.78 is 1.74. The molecule has 0 aliphatic heterocycles. The van der Waals surface area contributed by atoms with E-state index in [2.05, 4.69) is 11.2 Å². The van der Waals surface area contributed by atoms with E-state index in [1.807, 2.05) is 6.92 Å². The maximum absolute atomic E-state index is 6.08. The molecule has 2 heterocycles. The van der Waals surface area contributed by atoms with Gasteiger partial charge in [-0.05, 0) is 44.2 Å². The number of pyridine rings is 1. The van der Waals surface area contributed by atoms with Crippen molar-refractivity contribution in [1.29, 1.82) is 0 Å². The van der Waals surface area contributed by atoms with Crippen molar-refractivity contribution in [2.75, 3.05) is 0 Å². The van der Waals surface area contributed by atoms with Crippen LogP contribution in [0.15, 0.2) is 12.3 Å². The quantitative estimate of drug-likeness (QED) is 0.917. The lowest BCUT2D eigenvalue weighted by Gasteiger charge is -2.18. The van der Waals surface area contributed by atoms with Crippen LogP contribution in [-0.2, 0) is 19.4 Å². The zero-order chi connectivity index (χ0) is 13.4. The summed E-state index contributed by atoms with van der Waals surface area (Å²) in [6.07, 6.45) is 6.40. The highest BCUT2D eigenvalue weighted by atomic mass is 35.5. The standard InChI is InChI=1S/C14H17ClN4/c1-9-12(15)8-19(18-9)14-11(7-16)6-10-4-2-3-5-13(10)17-14/h6,8H,2-5,7,16H2,1H3. The molecular weight excluding hydrogens is 260 g/mol. The lowest BCUT2D eigenvalue weighted by atomic mass is 9.95. The summed E-state index contributed by atoms with van der Waals surface area (Å²) in [6.45, 7) is 2.35. The Hall–Kier alpha value is -1.39. The number of rotatable bonds is 2. The van der Waals surface area contributed by atoms with Crippen LogP contribution in [0.25, 0.3) is 5.82 Å². The fraction of sp³-hybridized carbons (Fsp3) is 0.429. The van der Waals surface area contributed by atoms with Gasteiger partial charge in [0.25, 0.3) is 0 Å². The van der Waals surface area contributed by atoms with Gasteiger partial charge in [0.05, 0.1) is 16.9 Å². The van der Waals surface area contributed by atoms with Crippen LogP contribution in [0, 0.1) is 6.92 Å². The summed E-state index contributed by atoms with van der Waals surface area (Å²) in [5.74, 6) is 0.818. The molecule has 3 rings (SSSR count). The first-order valence-corrected chi connectivity index (χ1v) is 7.00. The Labute approximate surface area is 117 Å². The molecule has 1 aliphatic carbocycles. The number of nitrogens with two attached hydrogens (primary N) is 1. The molecule has 0 spiro atoms. The normalized spacial score (nSPS) is 14.5. The average Bonchev–Trinajstić information content (AvgIpc) is 2.77. The van der Waals surface area contributed by atoms with Crippen molar-refractivity contribution in [3.8, 4) is 5.82 Å². The first-order chi connectivity index (χ1) is 9.19. The number of fused-ring (bicyclic) bond motifs is 1. The maximum atomic E-state index is 6.08. The van der Waals surface area contributed by atoms with Gasteiger partial charge in [0.2, 0.25) is 0 Å². The summed E-state index contributed by atoms with van der Waals surface area (Å²) in [6, 6.07) is 2.18. The summed E-state index contributed by atoms with van der Waals surface area (Å²) >= 11 is 6.08. The van der Waals surface area contributed by atoms with Crippen molar-refractivity contribution in [2.45, 2.75) is 39.2 Å². The highest BCUT2D eigenvalue weighted by molar-refractivity contribution is 6.31. The van der Waals surface area contributed by atoms with E-state index in [4.69, 9.17) is 22.3 Å². The molecule has 5 heteroatoms. The Bertz CT molecular complexity index is 599. The second-order valence-corrected chi connectivity index (χ2v) is 5.40. The molecule has 100 valence electrons. The largest absolute Gasteiger partial charge is 0.326 e. The topological polar surface area (TPSA) is 56.7 Å². The Kier molecular flexibility index (Phi) is 3.29. The minimum Gasteiger partial charge on any atom is -0.326 e. The Morgan fingerprint density at radius 2 is 2.16 bits per heavy atom. The van der Waals surface area contributed by atoms with Crippen molar-refractivity contribution in [3.05, 3.63) is 39.8 Å². The molecule has 2 aromatic heterocycles. The minimum absolute atomic E-state index is 0.464. The summed E-state index contributed by atoms with van der Waals surface area (Å²) in [5.41, 5.74) is 10.2. The van der Waals surface area contributed by atoms with Gasteiger partial charge in [-0.3, -0.25) is 0 Å². The van der Waals surface area contributed by atoms with Crippen LogP contribution in [0.4, 0.5) is 0 Å². The highest BCUT2D eigenvalue weighted by Crippen LogP contribution is 2.25. The van der Waals surface area contributed by atoms with E-state index in [-0.39, 0.29) is 0 Å². The fourth-order valence-electron chi connectivity index (χ4n) is 2.57. The van der Waals surface area contributed by atoms with Gasteiger partial charge in [-0.1, -0.05) is 11.6 Å². The van der Waals surface area contributed by atoms with Gasteiger partial charge in [-0.15, -0.1) is 0 Å². The van der Waals surface area contributed by atoms with Crippen molar-refractivity contribution in [1.82, 2.24) is 14.8 Å². The van der Waals surface area contributed by atoms with Crippen molar-refractivity contribution >= 4 is 11.6 Å². The summed E-state index contributed by atoms with van der Waals surface area (Å²) in [7, 11) is 0. The van der Waals surface area contributed by atoms with E-state index in [1.165, 1.54) is 24.1 Å². The highest BCUT2D eigenvalue weighted by Gasteiger charge is 2.16. The van der Waals surface area contributed by atoms with Crippen LogP contribution in [0.5, 0.6) is 0 Å². The maximum Gasteiger partial charge on any atom is 0.158 e. The molecule has 0 fully saturated rings. The number of aryl methyl sites for hydroxylation is 3. The number of nitrogens with zero attached hydrogens (tertiary/aromatic N) is 3.